The van der Waals surface area contributed by atoms with Crippen LogP contribution in [0, 0.1) is 0 Å². The van der Waals surface area contributed by atoms with Crippen LogP contribution in [0.5, 0.6) is 11.5 Å². The number of phenolic OH excluding ortho intramolecular Hbond substituents is 2. The monoisotopic (exact) mass is 232 g/mol. The standard InChI is InChI=1S/C15H20O2/c1-2-3-4-5-6-7-8-9-13-10-14(16)12-15(17)11-13/h4-7,10-12,16-17H,2-3,8-9H2,1H3/b5-4+,7-6-. The predicted octanol–water partition coefficient (Wildman–Crippen LogP) is 3.94. The highest BCUT2D eigenvalue weighted by molar-refractivity contribution is 5.36. The Kier molecular flexibility index (Phi) is 5.94. The molecular weight excluding hydrogens is 212 g/mol. The minimum Gasteiger partial charge on any atom is -0.508 e. The fourth-order valence-electron chi connectivity index (χ4n) is 1.57. The molecule has 0 fully saturated rings. The van der Waals surface area contributed by atoms with Gasteiger partial charge in [-0.2, -0.15) is 0 Å². The average molecular weight is 232 g/mol. The van der Waals surface area contributed by atoms with Crippen molar-refractivity contribution in [2.45, 2.75) is 32.6 Å². The van der Waals surface area contributed by atoms with Gasteiger partial charge in [-0.3, -0.25) is 0 Å². The molecule has 0 saturated carbocycles. The van der Waals surface area contributed by atoms with Crippen molar-refractivity contribution < 1.29 is 10.2 Å². The molecule has 17 heavy (non-hydrogen) atoms. The molecule has 1 aromatic rings. The Bertz CT molecular complexity index is 372. The lowest BCUT2D eigenvalue weighted by Gasteiger charge is -2.01. The lowest BCUT2D eigenvalue weighted by atomic mass is 10.1. The Labute approximate surface area is 103 Å². The third kappa shape index (κ3) is 5.81. The second kappa shape index (κ2) is 7.55. The van der Waals surface area contributed by atoms with E-state index in [0.29, 0.717) is 0 Å². The first-order valence-electron chi connectivity index (χ1n) is 6.06. The zero-order chi connectivity index (χ0) is 12.5. The van der Waals surface area contributed by atoms with E-state index in [1.807, 2.05) is 6.08 Å². The van der Waals surface area contributed by atoms with Gasteiger partial charge in [-0.15, -0.1) is 0 Å². The molecule has 0 aliphatic heterocycles. The highest BCUT2D eigenvalue weighted by atomic mass is 16.3. The summed E-state index contributed by atoms with van der Waals surface area (Å²) in [5.41, 5.74) is 0.949. The zero-order valence-electron chi connectivity index (χ0n) is 10.3. The topological polar surface area (TPSA) is 40.5 Å². The molecule has 2 nitrogen and oxygen atoms in total. The van der Waals surface area contributed by atoms with Crippen LogP contribution in [0.3, 0.4) is 0 Å². The maximum Gasteiger partial charge on any atom is 0.119 e. The van der Waals surface area contributed by atoms with Gasteiger partial charge in [0.05, 0.1) is 0 Å². The summed E-state index contributed by atoms with van der Waals surface area (Å²) < 4.78 is 0. The van der Waals surface area contributed by atoms with Crippen molar-refractivity contribution in [2.75, 3.05) is 0 Å². The smallest absolute Gasteiger partial charge is 0.119 e. The Morgan fingerprint density at radius 1 is 0.941 bits per heavy atom. The summed E-state index contributed by atoms with van der Waals surface area (Å²) in [5.74, 6) is 0.235. The van der Waals surface area contributed by atoms with Gasteiger partial charge in [0, 0.05) is 6.07 Å². The molecule has 1 aromatic carbocycles. The highest BCUT2D eigenvalue weighted by Crippen LogP contribution is 2.21. The molecule has 0 amide bonds. The van der Waals surface area contributed by atoms with E-state index in [-0.39, 0.29) is 11.5 Å². The Hall–Kier alpha value is -1.70. The lowest BCUT2D eigenvalue weighted by molar-refractivity contribution is 0.449. The van der Waals surface area contributed by atoms with Crippen LogP contribution in [-0.2, 0) is 6.42 Å². The number of hydrogen-bond donors (Lipinski definition) is 2. The van der Waals surface area contributed by atoms with Crippen LogP contribution in [0.15, 0.2) is 42.5 Å². The molecule has 0 heterocycles. The number of allylic oxidation sites excluding steroid dienone is 4. The van der Waals surface area contributed by atoms with Gasteiger partial charge in [0.25, 0.3) is 0 Å². The molecule has 92 valence electrons. The molecule has 0 bridgehead atoms. The van der Waals surface area contributed by atoms with Gasteiger partial charge in [-0.1, -0.05) is 37.6 Å². The molecule has 0 unspecified atom stereocenters. The largest absolute Gasteiger partial charge is 0.508 e. The average Bonchev–Trinajstić information content (AvgIpc) is 2.26. The van der Waals surface area contributed by atoms with E-state index in [1.54, 1.807) is 12.1 Å². The third-order valence-electron chi connectivity index (χ3n) is 2.40. The first-order chi connectivity index (χ1) is 8.22. The van der Waals surface area contributed by atoms with E-state index >= 15 is 0 Å². The number of benzene rings is 1. The maximum atomic E-state index is 9.30. The summed E-state index contributed by atoms with van der Waals surface area (Å²) in [6.45, 7) is 2.16. The number of hydrogen-bond acceptors (Lipinski definition) is 2. The molecule has 0 atom stereocenters. The van der Waals surface area contributed by atoms with Gasteiger partial charge in [-0.05, 0) is 37.0 Å². The molecule has 0 aliphatic rings. The van der Waals surface area contributed by atoms with Crippen LogP contribution in [0.2, 0.25) is 0 Å². The summed E-state index contributed by atoms with van der Waals surface area (Å²) in [4.78, 5) is 0. The molecule has 0 spiro atoms. The number of aromatic hydroxyl groups is 2. The number of phenols is 2. The minimum atomic E-state index is 0.117. The van der Waals surface area contributed by atoms with Crippen molar-refractivity contribution in [3.05, 3.63) is 48.1 Å². The molecule has 0 radical (unpaired) electrons. The molecule has 0 aliphatic carbocycles. The van der Waals surface area contributed by atoms with Crippen LogP contribution >= 0.6 is 0 Å². The minimum absolute atomic E-state index is 0.117. The van der Waals surface area contributed by atoms with Gasteiger partial charge in [0.1, 0.15) is 11.5 Å². The molecule has 0 aromatic heterocycles. The summed E-state index contributed by atoms with van der Waals surface area (Å²) >= 11 is 0. The first-order valence-corrected chi connectivity index (χ1v) is 6.06. The third-order valence-corrected chi connectivity index (χ3v) is 2.40. The Morgan fingerprint density at radius 3 is 2.12 bits per heavy atom. The van der Waals surface area contributed by atoms with Crippen molar-refractivity contribution in [3.8, 4) is 11.5 Å². The Morgan fingerprint density at radius 2 is 1.53 bits per heavy atom. The van der Waals surface area contributed by atoms with Crippen LogP contribution in [0.1, 0.15) is 31.7 Å². The van der Waals surface area contributed by atoms with Crippen LogP contribution in [0.4, 0.5) is 0 Å². The van der Waals surface area contributed by atoms with Crippen LogP contribution in [0.25, 0.3) is 0 Å². The van der Waals surface area contributed by atoms with Crippen molar-refractivity contribution in [1.82, 2.24) is 0 Å². The zero-order valence-corrected chi connectivity index (χ0v) is 10.3. The molecule has 2 N–H and O–H groups in total. The number of aryl methyl sites for hydroxylation is 1. The predicted molar refractivity (Wildman–Crippen MR) is 71.3 cm³/mol. The number of rotatable bonds is 6. The second-order valence-corrected chi connectivity index (χ2v) is 4.04. The van der Waals surface area contributed by atoms with E-state index in [1.165, 1.54) is 12.5 Å². The SMILES string of the molecule is CCC/C=C/C=C\CCc1cc(O)cc(O)c1. The molecular formula is C15H20O2. The van der Waals surface area contributed by atoms with Gasteiger partial charge in [0.2, 0.25) is 0 Å². The van der Waals surface area contributed by atoms with E-state index < -0.39 is 0 Å². The summed E-state index contributed by atoms with van der Waals surface area (Å²) in [7, 11) is 0. The summed E-state index contributed by atoms with van der Waals surface area (Å²) in [6.07, 6.45) is 12.3. The van der Waals surface area contributed by atoms with E-state index in [4.69, 9.17) is 0 Å². The number of unbranched alkanes of at least 4 members (excludes halogenated alkanes) is 1. The molecule has 0 saturated heterocycles. The fraction of sp³-hybridized carbons (Fsp3) is 0.333. The van der Waals surface area contributed by atoms with Crippen LogP contribution < -0.4 is 0 Å². The van der Waals surface area contributed by atoms with Gasteiger partial charge < -0.3 is 10.2 Å². The highest BCUT2D eigenvalue weighted by Gasteiger charge is 1.97. The van der Waals surface area contributed by atoms with E-state index in [2.05, 4.69) is 25.2 Å². The molecule has 2 heteroatoms. The Balaban J connectivity index is 2.35. The van der Waals surface area contributed by atoms with Gasteiger partial charge >= 0.3 is 0 Å². The van der Waals surface area contributed by atoms with Crippen LogP contribution in [-0.4, -0.2) is 10.2 Å². The van der Waals surface area contributed by atoms with Gasteiger partial charge in [0.15, 0.2) is 0 Å². The lowest BCUT2D eigenvalue weighted by Crippen LogP contribution is -1.82. The second-order valence-electron chi connectivity index (χ2n) is 4.04. The van der Waals surface area contributed by atoms with Crippen molar-refractivity contribution in [2.24, 2.45) is 0 Å². The van der Waals surface area contributed by atoms with Crippen molar-refractivity contribution >= 4 is 0 Å². The van der Waals surface area contributed by atoms with E-state index in [0.717, 1.165) is 24.8 Å². The summed E-state index contributed by atoms with van der Waals surface area (Å²) in [5, 5.41) is 18.6. The normalized spacial score (nSPS) is 11.6. The first kappa shape index (κ1) is 13.4. The summed E-state index contributed by atoms with van der Waals surface area (Å²) in [6, 6.07) is 4.70. The quantitative estimate of drug-likeness (QED) is 0.729. The fourth-order valence-corrected chi connectivity index (χ4v) is 1.57. The maximum absolute atomic E-state index is 9.30. The van der Waals surface area contributed by atoms with Crippen molar-refractivity contribution in [1.29, 1.82) is 0 Å². The molecule has 1 rings (SSSR count). The van der Waals surface area contributed by atoms with Gasteiger partial charge in [-0.25, -0.2) is 0 Å². The van der Waals surface area contributed by atoms with E-state index in [9.17, 15) is 10.2 Å². The van der Waals surface area contributed by atoms with Crippen molar-refractivity contribution in [3.63, 3.8) is 0 Å².